The normalized spacial score (nSPS) is 11.4. The number of hydrogen-bond donors (Lipinski definition) is 0. The van der Waals surface area contributed by atoms with Crippen molar-refractivity contribution in [1.82, 2.24) is 14.8 Å². The van der Waals surface area contributed by atoms with E-state index in [1.54, 1.807) is 0 Å². The summed E-state index contributed by atoms with van der Waals surface area (Å²) in [6, 6.07) is 6.37. The Hall–Kier alpha value is -0.220. The van der Waals surface area contributed by atoms with E-state index < -0.39 is 0 Å². The zero-order valence-corrected chi connectivity index (χ0v) is 15.2. The fraction of sp³-hybridized carbons (Fsp3) is 0.385. The van der Waals surface area contributed by atoms with Crippen LogP contribution in [0.1, 0.15) is 25.5 Å². The fourth-order valence-electron chi connectivity index (χ4n) is 1.83. The second-order valence-electron chi connectivity index (χ2n) is 4.23. The van der Waals surface area contributed by atoms with Gasteiger partial charge in [-0.25, -0.2) is 0 Å². The number of nitrogens with zero attached hydrogens (tertiary/aromatic N) is 3. The van der Waals surface area contributed by atoms with Gasteiger partial charge in [-0.15, -0.1) is 0 Å². The molecule has 0 atom stereocenters. The molecule has 0 aliphatic heterocycles. The van der Waals surface area contributed by atoms with Crippen molar-refractivity contribution in [2.45, 2.75) is 26.5 Å². The Labute approximate surface area is 137 Å². The molecular formula is C13H16I2N3O-. The van der Waals surface area contributed by atoms with Crippen LogP contribution in [-0.4, -0.2) is 17.2 Å². The summed E-state index contributed by atoms with van der Waals surface area (Å²) in [6.07, 6.45) is 3.65. The molecule has 104 valence electrons. The Morgan fingerprint density at radius 1 is 1.37 bits per heavy atom. The molecule has 0 N–H and O–H groups in total. The van der Waals surface area contributed by atoms with Gasteiger partial charge in [0.2, 0.25) is 0 Å². The topological polar surface area (TPSA) is 39.9 Å². The van der Waals surface area contributed by atoms with Gasteiger partial charge in [0, 0.05) is 0 Å². The van der Waals surface area contributed by atoms with E-state index in [1.807, 2.05) is 29.2 Å². The van der Waals surface area contributed by atoms with Gasteiger partial charge < -0.3 is 0 Å². The number of halogens is 2. The van der Waals surface area contributed by atoms with Crippen LogP contribution in [0.3, 0.4) is 0 Å². The standard InChI is InChI=1S/C13H16I2N3O/c1-10(2)18-12(5-7-17-18)13-11(4-3-6-16-13)8-19-15-9-14/h3-7,10H,8-9H2,1-2H3/q-1. The van der Waals surface area contributed by atoms with Crippen molar-refractivity contribution in [2.75, 3.05) is 2.43 Å². The van der Waals surface area contributed by atoms with Gasteiger partial charge in [-0.2, -0.15) is 0 Å². The molecule has 0 aliphatic rings. The van der Waals surface area contributed by atoms with Gasteiger partial charge in [0.05, 0.1) is 0 Å². The first-order valence-corrected chi connectivity index (χ1v) is 9.92. The molecule has 0 amide bonds. The Balaban J connectivity index is 2.30. The first-order chi connectivity index (χ1) is 9.24. The van der Waals surface area contributed by atoms with Crippen molar-refractivity contribution in [1.29, 1.82) is 0 Å². The average molecular weight is 484 g/mol. The molecule has 0 saturated carbocycles. The SMILES string of the molecule is CC(C)n1nccc1-c1ncccc1CO[I-]CI. The quantitative estimate of drug-likeness (QED) is 0.340. The van der Waals surface area contributed by atoms with E-state index in [2.05, 4.69) is 52.6 Å². The number of pyridine rings is 1. The van der Waals surface area contributed by atoms with E-state index in [0.29, 0.717) is 12.6 Å². The second-order valence-corrected chi connectivity index (χ2v) is 9.92. The molecule has 0 aromatic carbocycles. The predicted octanol–water partition coefficient (Wildman–Crippen LogP) is 0.439. The van der Waals surface area contributed by atoms with Crippen molar-refractivity contribution < 1.29 is 24.7 Å². The van der Waals surface area contributed by atoms with Gasteiger partial charge >= 0.3 is 139 Å². The molecule has 2 aromatic rings. The maximum absolute atomic E-state index is 5.74. The molecule has 2 heterocycles. The summed E-state index contributed by atoms with van der Waals surface area (Å²) in [5.41, 5.74) is 3.17. The number of aromatic nitrogens is 3. The fourth-order valence-corrected chi connectivity index (χ4v) is 3.66. The molecule has 19 heavy (non-hydrogen) atoms. The molecule has 2 rings (SSSR count). The molecule has 6 heteroatoms. The van der Waals surface area contributed by atoms with Gasteiger partial charge in [0.15, 0.2) is 0 Å². The zero-order valence-electron chi connectivity index (χ0n) is 10.9. The molecule has 0 fully saturated rings. The van der Waals surface area contributed by atoms with E-state index in [0.717, 1.165) is 19.4 Å². The zero-order chi connectivity index (χ0) is 13.7. The molecule has 0 radical (unpaired) electrons. The summed E-state index contributed by atoms with van der Waals surface area (Å²) < 4.78 is 8.85. The molecule has 0 spiro atoms. The van der Waals surface area contributed by atoms with Crippen LogP contribution < -0.4 is 21.6 Å². The van der Waals surface area contributed by atoms with Crippen molar-refractivity contribution >= 4 is 22.6 Å². The van der Waals surface area contributed by atoms with Gasteiger partial charge in [0.1, 0.15) is 0 Å². The van der Waals surface area contributed by atoms with Crippen molar-refractivity contribution in [3.8, 4) is 11.4 Å². The molecule has 0 aliphatic carbocycles. The number of rotatable bonds is 6. The van der Waals surface area contributed by atoms with Crippen LogP contribution in [0, 0.1) is 0 Å². The minimum absolute atomic E-state index is 0.153. The van der Waals surface area contributed by atoms with Crippen LogP contribution in [0.15, 0.2) is 30.6 Å². The van der Waals surface area contributed by atoms with Crippen LogP contribution in [0.25, 0.3) is 11.4 Å². The van der Waals surface area contributed by atoms with E-state index in [1.165, 1.54) is 0 Å². The van der Waals surface area contributed by atoms with E-state index in [4.69, 9.17) is 3.07 Å². The van der Waals surface area contributed by atoms with Crippen LogP contribution in [-0.2, 0) is 9.67 Å². The average Bonchev–Trinajstić information content (AvgIpc) is 2.89. The summed E-state index contributed by atoms with van der Waals surface area (Å²) >= 11 is 2.20. The van der Waals surface area contributed by atoms with Gasteiger partial charge in [-0.3, -0.25) is 0 Å². The van der Waals surface area contributed by atoms with E-state index in [9.17, 15) is 0 Å². The van der Waals surface area contributed by atoms with Crippen LogP contribution in [0.2, 0.25) is 0 Å². The maximum atomic E-state index is 5.74. The van der Waals surface area contributed by atoms with Crippen molar-refractivity contribution in [2.24, 2.45) is 0 Å². The number of alkyl halides is 2. The molecule has 0 bridgehead atoms. The Morgan fingerprint density at radius 2 is 2.21 bits per heavy atom. The van der Waals surface area contributed by atoms with E-state index in [-0.39, 0.29) is 21.6 Å². The van der Waals surface area contributed by atoms with Gasteiger partial charge in [-0.05, 0) is 0 Å². The summed E-state index contributed by atoms with van der Waals surface area (Å²) in [5.74, 6) is 0. The van der Waals surface area contributed by atoms with E-state index >= 15 is 0 Å². The Bertz CT molecular complexity index is 528. The molecule has 4 nitrogen and oxygen atoms in total. The third-order valence-corrected chi connectivity index (χ3v) is 5.19. The third kappa shape index (κ3) is 3.88. The predicted molar refractivity (Wildman–Crippen MR) is 79.5 cm³/mol. The first kappa shape index (κ1) is 15.2. The molecular weight excluding hydrogens is 468 g/mol. The first-order valence-electron chi connectivity index (χ1n) is 5.98. The molecule has 2 aromatic heterocycles. The van der Waals surface area contributed by atoms with Gasteiger partial charge in [0.25, 0.3) is 0 Å². The van der Waals surface area contributed by atoms with Crippen molar-refractivity contribution in [3.63, 3.8) is 0 Å². The Kier molecular flexibility index (Phi) is 6.02. The summed E-state index contributed by atoms with van der Waals surface area (Å²) in [5, 5.41) is 4.37. The van der Waals surface area contributed by atoms with Crippen LogP contribution >= 0.6 is 22.6 Å². The Morgan fingerprint density at radius 3 is 2.95 bits per heavy atom. The summed E-state index contributed by atoms with van der Waals surface area (Å²) in [4.78, 5) is 4.51. The van der Waals surface area contributed by atoms with Crippen LogP contribution in [0.4, 0.5) is 0 Å². The monoisotopic (exact) mass is 484 g/mol. The molecule has 0 unspecified atom stereocenters. The molecule has 0 saturated heterocycles. The minimum atomic E-state index is -0.153. The van der Waals surface area contributed by atoms with Crippen molar-refractivity contribution in [3.05, 3.63) is 36.2 Å². The summed E-state index contributed by atoms with van der Waals surface area (Å²) in [6.45, 7) is 4.89. The van der Waals surface area contributed by atoms with Crippen LogP contribution in [0.5, 0.6) is 0 Å². The second kappa shape index (κ2) is 7.53. The van der Waals surface area contributed by atoms with Gasteiger partial charge in [-0.1, -0.05) is 0 Å². The summed E-state index contributed by atoms with van der Waals surface area (Å²) in [7, 11) is 0. The number of hydrogen-bond acceptors (Lipinski definition) is 3. The third-order valence-electron chi connectivity index (χ3n) is 2.62.